The van der Waals surface area contributed by atoms with E-state index in [9.17, 15) is 0 Å². The van der Waals surface area contributed by atoms with Gasteiger partial charge in [-0.1, -0.05) is 96.6 Å². The van der Waals surface area contributed by atoms with Gasteiger partial charge >= 0.3 is 0 Å². The Morgan fingerprint density at radius 2 is 1.35 bits per heavy atom. The van der Waals surface area contributed by atoms with Gasteiger partial charge in [0.15, 0.2) is 0 Å². The Morgan fingerprint density at radius 1 is 0.625 bits per heavy atom. The van der Waals surface area contributed by atoms with Crippen molar-refractivity contribution in [3.8, 4) is 0 Å². The molecule has 0 spiro atoms. The van der Waals surface area contributed by atoms with Crippen LogP contribution in [-0.2, 0) is 6.42 Å². The lowest BCUT2D eigenvalue weighted by molar-refractivity contribution is 0.831. The van der Waals surface area contributed by atoms with Crippen LogP contribution < -0.4 is 0 Å². The highest BCUT2D eigenvalue weighted by Gasteiger charge is 2.20. The van der Waals surface area contributed by atoms with Crippen LogP contribution in [0.1, 0.15) is 41.6 Å². The summed E-state index contributed by atoms with van der Waals surface area (Å²) in [5.41, 5.74) is 10.8. The van der Waals surface area contributed by atoms with Crippen LogP contribution in [0.4, 0.5) is 0 Å². The SMILES string of the molecule is C1=CC2=C(CC1)CCc1c2ccc2ccccc12.Cc1cc(C)c2ccccc2n1.c1ccc2ncccc2c1. The van der Waals surface area contributed by atoms with Crippen LogP contribution in [0, 0.1) is 13.8 Å². The minimum Gasteiger partial charge on any atom is -0.256 e. The molecule has 8 rings (SSSR count). The summed E-state index contributed by atoms with van der Waals surface area (Å²) in [5, 5.41) is 5.27. The fraction of sp³-hybridized carbons (Fsp3) is 0.158. The molecule has 0 atom stereocenters. The van der Waals surface area contributed by atoms with Gasteiger partial charge in [-0.05, 0) is 96.8 Å². The molecule has 0 fully saturated rings. The molecule has 0 N–H and O–H groups in total. The van der Waals surface area contributed by atoms with Gasteiger partial charge in [-0.15, -0.1) is 0 Å². The second kappa shape index (κ2) is 11.7. The summed E-state index contributed by atoms with van der Waals surface area (Å²) in [6.07, 6.45) is 11.4. The van der Waals surface area contributed by atoms with E-state index in [2.05, 4.69) is 95.8 Å². The van der Waals surface area contributed by atoms with Gasteiger partial charge in [0.1, 0.15) is 0 Å². The van der Waals surface area contributed by atoms with Crippen LogP contribution in [0.3, 0.4) is 0 Å². The van der Waals surface area contributed by atoms with Crippen molar-refractivity contribution < 1.29 is 0 Å². The first-order valence-corrected chi connectivity index (χ1v) is 14.2. The topological polar surface area (TPSA) is 25.8 Å². The number of hydrogen-bond acceptors (Lipinski definition) is 2. The molecule has 0 amide bonds. The van der Waals surface area contributed by atoms with Crippen molar-refractivity contribution in [1.82, 2.24) is 9.97 Å². The molecule has 2 aromatic heterocycles. The van der Waals surface area contributed by atoms with Crippen molar-refractivity contribution in [2.45, 2.75) is 39.5 Å². The highest BCUT2D eigenvalue weighted by molar-refractivity contribution is 5.93. The summed E-state index contributed by atoms with van der Waals surface area (Å²) in [5.74, 6) is 0. The van der Waals surface area contributed by atoms with E-state index in [1.54, 1.807) is 11.1 Å². The Hall–Kier alpha value is -4.56. The Kier molecular flexibility index (Phi) is 7.50. The number of aryl methyl sites for hydroxylation is 3. The summed E-state index contributed by atoms with van der Waals surface area (Å²) in [7, 11) is 0. The molecule has 196 valence electrons. The number of aromatic nitrogens is 2. The smallest absolute Gasteiger partial charge is 0.0707 e. The number of pyridine rings is 2. The zero-order valence-electron chi connectivity index (χ0n) is 23.3. The largest absolute Gasteiger partial charge is 0.256 e. The standard InChI is InChI=1S/C18H16.C11H11N.C9H7N/c1-3-7-15-13(5-1)9-11-18-16-8-4-2-6-14(16)10-12-17(15)18;1-8-7-9(2)12-11-6-4-3-5-10(8)11;1-2-6-9-8(4-1)5-3-7-10-9/h1,3-5,7-9,11H,2,6,10,12H2;3-7H,1-2H3;1-7H. The van der Waals surface area contributed by atoms with Crippen molar-refractivity contribution in [3.63, 3.8) is 0 Å². The molecule has 0 radical (unpaired) electrons. The highest BCUT2D eigenvalue weighted by Crippen LogP contribution is 2.39. The highest BCUT2D eigenvalue weighted by atomic mass is 14.7. The molecule has 2 heteroatoms. The molecule has 0 saturated carbocycles. The van der Waals surface area contributed by atoms with E-state index in [0.29, 0.717) is 0 Å². The van der Waals surface area contributed by atoms with E-state index in [1.165, 1.54) is 63.9 Å². The van der Waals surface area contributed by atoms with Gasteiger partial charge in [-0.2, -0.15) is 0 Å². The van der Waals surface area contributed by atoms with E-state index in [1.807, 2.05) is 49.5 Å². The Labute approximate surface area is 236 Å². The summed E-state index contributed by atoms with van der Waals surface area (Å²) in [6.45, 7) is 4.15. The van der Waals surface area contributed by atoms with Crippen molar-refractivity contribution in [1.29, 1.82) is 0 Å². The molecule has 6 aromatic rings. The van der Waals surface area contributed by atoms with Crippen LogP contribution in [0.5, 0.6) is 0 Å². The van der Waals surface area contributed by atoms with E-state index < -0.39 is 0 Å². The normalized spacial score (nSPS) is 13.7. The molecule has 2 nitrogen and oxygen atoms in total. The minimum atomic E-state index is 1.06. The Bertz CT molecular complexity index is 1810. The van der Waals surface area contributed by atoms with E-state index >= 15 is 0 Å². The summed E-state index contributed by atoms with van der Waals surface area (Å²) >= 11 is 0. The third-order valence-corrected chi connectivity index (χ3v) is 7.85. The molecule has 0 saturated heterocycles. The lowest BCUT2D eigenvalue weighted by Crippen LogP contribution is -2.06. The molecule has 2 aliphatic rings. The van der Waals surface area contributed by atoms with E-state index in [-0.39, 0.29) is 0 Å². The predicted octanol–water partition coefficient (Wildman–Crippen LogP) is 9.98. The number of allylic oxidation sites excluding steroid dienone is 4. The summed E-state index contributed by atoms with van der Waals surface area (Å²) in [4.78, 5) is 8.62. The Morgan fingerprint density at radius 3 is 2.20 bits per heavy atom. The molecule has 0 aliphatic heterocycles. The van der Waals surface area contributed by atoms with Gasteiger partial charge < -0.3 is 0 Å². The van der Waals surface area contributed by atoms with Gasteiger partial charge in [-0.3, -0.25) is 9.97 Å². The van der Waals surface area contributed by atoms with Crippen molar-refractivity contribution in [2.75, 3.05) is 0 Å². The van der Waals surface area contributed by atoms with Gasteiger partial charge in [0, 0.05) is 22.7 Å². The number of para-hydroxylation sites is 2. The molecule has 2 aliphatic carbocycles. The maximum atomic E-state index is 4.44. The first-order valence-electron chi connectivity index (χ1n) is 14.2. The maximum Gasteiger partial charge on any atom is 0.0707 e. The fourth-order valence-corrected chi connectivity index (χ4v) is 5.92. The number of fused-ring (bicyclic) bond motifs is 6. The number of hydrogen-bond donors (Lipinski definition) is 0. The lowest BCUT2D eigenvalue weighted by Gasteiger charge is -2.25. The lowest BCUT2D eigenvalue weighted by atomic mass is 9.80. The van der Waals surface area contributed by atoms with Crippen molar-refractivity contribution in [3.05, 3.63) is 149 Å². The van der Waals surface area contributed by atoms with Gasteiger partial charge in [0.05, 0.1) is 11.0 Å². The minimum absolute atomic E-state index is 1.06. The third kappa shape index (κ3) is 5.44. The zero-order valence-corrected chi connectivity index (χ0v) is 23.3. The first kappa shape index (κ1) is 25.7. The van der Waals surface area contributed by atoms with Crippen LogP contribution in [0.15, 0.2) is 127 Å². The van der Waals surface area contributed by atoms with Gasteiger partial charge in [-0.25, -0.2) is 0 Å². The number of rotatable bonds is 0. The van der Waals surface area contributed by atoms with Crippen LogP contribution >= 0.6 is 0 Å². The summed E-state index contributed by atoms with van der Waals surface area (Å²) in [6, 6.07) is 35.8. The van der Waals surface area contributed by atoms with Gasteiger partial charge in [0.25, 0.3) is 0 Å². The molecule has 0 bridgehead atoms. The average Bonchev–Trinajstić information content (AvgIpc) is 3.01. The van der Waals surface area contributed by atoms with E-state index in [0.717, 1.165) is 16.7 Å². The van der Waals surface area contributed by atoms with Crippen LogP contribution in [-0.4, -0.2) is 9.97 Å². The fourth-order valence-electron chi connectivity index (χ4n) is 5.92. The third-order valence-electron chi connectivity index (χ3n) is 7.85. The van der Waals surface area contributed by atoms with Crippen LogP contribution in [0.2, 0.25) is 0 Å². The molecular weight excluding hydrogens is 484 g/mol. The first-order chi connectivity index (χ1) is 19.7. The second-order valence-corrected chi connectivity index (χ2v) is 10.6. The van der Waals surface area contributed by atoms with E-state index in [4.69, 9.17) is 0 Å². The maximum absolute atomic E-state index is 4.44. The molecular formula is C38H34N2. The zero-order chi connectivity index (χ0) is 27.3. The molecule has 0 unspecified atom stereocenters. The molecule has 4 aromatic carbocycles. The molecule has 2 heterocycles. The van der Waals surface area contributed by atoms with Crippen molar-refractivity contribution >= 4 is 38.2 Å². The summed E-state index contributed by atoms with van der Waals surface area (Å²) < 4.78 is 0. The van der Waals surface area contributed by atoms with Gasteiger partial charge in [0.2, 0.25) is 0 Å². The average molecular weight is 519 g/mol. The van der Waals surface area contributed by atoms with Crippen molar-refractivity contribution in [2.24, 2.45) is 0 Å². The monoisotopic (exact) mass is 518 g/mol. The molecule has 40 heavy (non-hydrogen) atoms. The number of benzene rings is 4. The van der Waals surface area contributed by atoms with Crippen LogP contribution in [0.25, 0.3) is 38.2 Å². The number of nitrogens with zero attached hydrogens (tertiary/aromatic N) is 2. The Balaban J connectivity index is 0.000000115. The quantitative estimate of drug-likeness (QED) is 0.200. The predicted molar refractivity (Wildman–Crippen MR) is 171 cm³/mol. The second-order valence-electron chi connectivity index (χ2n) is 10.6.